The van der Waals surface area contributed by atoms with Crippen molar-refractivity contribution in [2.75, 3.05) is 7.05 Å². The molecule has 0 amide bonds. The molecule has 0 aliphatic heterocycles. The number of rotatable bonds is 0. The third-order valence-corrected chi connectivity index (χ3v) is 0. The summed E-state index contributed by atoms with van der Waals surface area (Å²) in [5, 5.41) is 2.67. The van der Waals surface area contributed by atoms with Crippen molar-refractivity contribution in [3.8, 4) is 0 Å². The van der Waals surface area contributed by atoms with Gasteiger partial charge in [-0.15, -0.1) is 0 Å². The molecule has 1 nitrogen and oxygen atoms in total. The molecule has 0 aliphatic rings. The van der Waals surface area contributed by atoms with Crippen molar-refractivity contribution in [2.24, 2.45) is 0 Å². The first-order valence-corrected chi connectivity index (χ1v) is 1.37. The van der Waals surface area contributed by atoms with Gasteiger partial charge in [0.15, 0.2) is 0 Å². The van der Waals surface area contributed by atoms with Gasteiger partial charge in [0.1, 0.15) is 0 Å². The van der Waals surface area contributed by atoms with Crippen LogP contribution in [0.1, 0.15) is 0 Å². The standard InChI is InChI=1S/CH6NP.K.H/c1-2-3;;/h2H,3H2,1H3;;. The van der Waals surface area contributed by atoms with Crippen molar-refractivity contribution in [1.29, 1.82) is 0 Å². The molecule has 0 spiro atoms. The maximum atomic E-state index is 2.67. The Morgan fingerprint density at radius 3 is 1.75 bits per heavy atom. The minimum absolute atomic E-state index is 0. The molecular weight excluding hydrogens is 96.1 g/mol. The van der Waals surface area contributed by atoms with Crippen LogP contribution < -0.4 is 5.09 Å². The van der Waals surface area contributed by atoms with Crippen LogP contribution in [0.4, 0.5) is 0 Å². The normalized spacial score (nSPS) is 4.50. The first kappa shape index (κ1) is 9.39. The maximum absolute atomic E-state index is 2.67. The SMILES string of the molecule is CNP.[KH]. The van der Waals surface area contributed by atoms with Gasteiger partial charge in [-0.25, -0.2) is 0 Å². The Morgan fingerprint density at radius 2 is 1.75 bits per heavy atom. The van der Waals surface area contributed by atoms with Crippen LogP contribution in [0.2, 0.25) is 0 Å². The Bertz CT molecular complexity index is 8.00. The molecule has 3 heteroatoms. The fourth-order valence-electron chi connectivity index (χ4n) is 0. The van der Waals surface area contributed by atoms with Crippen LogP contribution in [0, 0.1) is 0 Å². The second-order valence-electron chi connectivity index (χ2n) is 0.289. The Balaban J connectivity index is 0. The summed E-state index contributed by atoms with van der Waals surface area (Å²) in [6.45, 7) is 0. The number of hydrogen-bond donors (Lipinski definition) is 1. The third kappa shape index (κ3) is 8.98. The molecule has 0 aromatic carbocycles. The summed E-state index contributed by atoms with van der Waals surface area (Å²) in [4.78, 5) is 0. The quantitative estimate of drug-likeness (QED) is 0.317. The first-order chi connectivity index (χ1) is 1.41. The Labute approximate surface area is 71.6 Å². The topological polar surface area (TPSA) is 12.0 Å². The summed E-state index contributed by atoms with van der Waals surface area (Å²) >= 11 is 0. The van der Waals surface area contributed by atoms with E-state index in [1.165, 1.54) is 0 Å². The van der Waals surface area contributed by atoms with Crippen LogP contribution in [0.3, 0.4) is 0 Å². The van der Waals surface area contributed by atoms with Crippen molar-refractivity contribution in [3.63, 3.8) is 0 Å². The van der Waals surface area contributed by atoms with Crippen molar-refractivity contribution in [3.05, 3.63) is 0 Å². The van der Waals surface area contributed by atoms with Crippen molar-refractivity contribution < 1.29 is 0 Å². The van der Waals surface area contributed by atoms with Crippen molar-refractivity contribution in [2.45, 2.75) is 0 Å². The van der Waals surface area contributed by atoms with Gasteiger partial charge >= 0.3 is 51.4 Å². The second kappa shape index (κ2) is 8.90. The summed E-state index contributed by atoms with van der Waals surface area (Å²) < 4.78 is 0. The third-order valence-electron chi connectivity index (χ3n) is 0. The van der Waals surface area contributed by atoms with E-state index in [-0.39, 0.29) is 51.4 Å². The van der Waals surface area contributed by atoms with E-state index in [2.05, 4.69) is 14.5 Å². The second-order valence-corrected chi connectivity index (χ2v) is 0.866. The van der Waals surface area contributed by atoms with Gasteiger partial charge in [-0.2, -0.15) is 0 Å². The molecular formula is CH7KNP. The van der Waals surface area contributed by atoms with E-state index in [4.69, 9.17) is 0 Å². The summed E-state index contributed by atoms with van der Waals surface area (Å²) in [6.07, 6.45) is 0. The Kier molecular flexibility index (Phi) is 20.9. The fraction of sp³-hybridized carbons (Fsp3) is 1.00. The molecule has 1 unspecified atom stereocenters. The molecule has 0 fully saturated rings. The molecule has 4 heavy (non-hydrogen) atoms. The fourth-order valence-corrected chi connectivity index (χ4v) is 0. The van der Waals surface area contributed by atoms with E-state index in [0.29, 0.717) is 0 Å². The zero-order valence-corrected chi connectivity index (χ0v) is 3.23. The molecule has 22 valence electrons. The molecule has 0 aromatic heterocycles. The molecule has 0 aliphatic carbocycles. The monoisotopic (exact) mass is 103 g/mol. The molecule has 0 saturated carbocycles. The van der Waals surface area contributed by atoms with Gasteiger partial charge in [0.25, 0.3) is 0 Å². The summed E-state index contributed by atoms with van der Waals surface area (Å²) in [6, 6.07) is 0. The van der Waals surface area contributed by atoms with E-state index in [1.54, 1.807) is 0 Å². The summed E-state index contributed by atoms with van der Waals surface area (Å²) in [5.41, 5.74) is 0. The van der Waals surface area contributed by atoms with E-state index >= 15 is 0 Å². The van der Waals surface area contributed by atoms with Crippen LogP contribution >= 0.6 is 9.39 Å². The summed E-state index contributed by atoms with van der Waals surface area (Å²) in [5.74, 6) is 0. The molecule has 0 aromatic rings. The Morgan fingerprint density at radius 1 is 1.75 bits per heavy atom. The Hall–Kier alpha value is 2.03. The molecule has 0 saturated heterocycles. The van der Waals surface area contributed by atoms with Crippen LogP contribution in [-0.2, 0) is 0 Å². The van der Waals surface area contributed by atoms with Gasteiger partial charge in [-0.1, -0.05) is 9.39 Å². The first-order valence-electron chi connectivity index (χ1n) is 0.789. The number of hydrogen-bond acceptors (Lipinski definition) is 1. The summed E-state index contributed by atoms with van der Waals surface area (Å²) in [7, 11) is 4.17. The molecule has 0 bridgehead atoms. The van der Waals surface area contributed by atoms with Gasteiger partial charge in [0.05, 0.1) is 0 Å². The van der Waals surface area contributed by atoms with Crippen LogP contribution in [0.25, 0.3) is 0 Å². The van der Waals surface area contributed by atoms with Crippen LogP contribution in [0.5, 0.6) is 0 Å². The van der Waals surface area contributed by atoms with Crippen molar-refractivity contribution >= 4 is 60.8 Å². The average Bonchev–Trinajstić information content (AvgIpc) is 0.918. The van der Waals surface area contributed by atoms with Gasteiger partial charge in [0, 0.05) is 0 Å². The number of nitrogens with one attached hydrogen (secondary N) is 1. The van der Waals surface area contributed by atoms with Gasteiger partial charge < -0.3 is 5.09 Å². The predicted molar refractivity (Wildman–Crippen MR) is 25.9 cm³/mol. The van der Waals surface area contributed by atoms with Crippen molar-refractivity contribution in [1.82, 2.24) is 5.09 Å². The molecule has 1 N–H and O–H groups in total. The van der Waals surface area contributed by atoms with Gasteiger partial charge in [-0.3, -0.25) is 0 Å². The van der Waals surface area contributed by atoms with Gasteiger partial charge in [0.2, 0.25) is 0 Å². The molecule has 1 atom stereocenters. The van der Waals surface area contributed by atoms with E-state index < -0.39 is 0 Å². The average molecular weight is 103 g/mol. The predicted octanol–water partition coefficient (Wildman–Crippen LogP) is -0.653. The van der Waals surface area contributed by atoms with Crippen LogP contribution in [-0.4, -0.2) is 58.4 Å². The minimum atomic E-state index is 0. The molecule has 0 rings (SSSR count). The van der Waals surface area contributed by atoms with E-state index in [9.17, 15) is 0 Å². The van der Waals surface area contributed by atoms with E-state index in [1.807, 2.05) is 7.05 Å². The van der Waals surface area contributed by atoms with Gasteiger partial charge in [-0.05, 0) is 7.05 Å². The van der Waals surface area contributed by atoms with E-state index in [0.717, 1.165) is 0 Å². The van der Waals surface area contributed by atoms with Crippen LogP contribution in [0.15, 0.2) is 0 Å². The molecule has 0 heterocycles. The zero-order chi connectivity index (χ0) is 2.71. The molecule has 0 radical (unpaired) electrons. The zero-order valence-electron chi connectivity index (χ0n) is 2.08.